The fourth-order valence-electron chi connectivity index (χ4n) is 4.24. The lowest BCUT2D eigenvalue weighted by Gasteiger charge is -2.27. The standard InChI is InChI=1S/C25H19BrF2N3O2.BrH/c26-21-8-7-20-23-18(21)3-1-4-19(23)24(32)31(25(20)33)10-2-9-29-11-12-30(15-29)14-16-5-6-17(27)13-22(16)28;/h1,3-8,11-13,15H,2,9-10,14H2;1H/q+1;/p-1. The van der Waals surface area contributed by atoms with Crippen molar-refractivity contribution in [2.45, 2.75) is 19.5 Å². The van der Waals surface area contributed by atoms with Crippen LogP contribution in [0.25, 0.3) is 10.8 Å². The highest BCUT2D eigenvalue weighted by atomic mass is 79.9. The fourth-order valence-corrected chi connectivity index (χ4v) is 4.70. The number of nitrogens with zero attached hydrogens (tertiary/aromatic N) is 3. The Morgan fingerprint density at radius 1 is 0.941 bits per heavy atom. The first-order valence-corrected chi connectivity index (χ1v) is 11.3. The summed E-state index contributed by atoms with van der Waals surface area (Å²) in [4.78, 5) is 27.4. The molecule has 2 heterocycles. The Morgan fingerprint density at radius 3 is 2.47 bits per heavy atom. The van der Waals surface area contributed by atoms with Crippen LogP contribution in [0.5, 0.6) is 0 Å². The molecule has 1 aliphatic rings. The Hall–Kier alpha value is -2.91. The summed E-state index contributed by atoms with van der Waals surface area (Å²) in [7, 11) is 0. The van der Waals surface area contributed by atoms with Crippen LogP contribution in [0, 0.1) is 11.6 Å². The quantitative estimate of drug-likeness (QED) is 0.254. The minimum Gasteiger partial charge on any atom is -1.00 e. The van der Waals surface area contributed by atoms with E-state index >= 15 is 0 Å². The molecule has 3 aromatic carbocycles. The average molecular weight is 591 g/mol. The van der Waals surface area contributed by atoms with E-state index in [1.165, 1.54) is 17.0 Å². The first kappa shape index (κ1) is 24.2. The lowest BCUT2D eigenvalue weighted by atomic mass is 9.94. The molecule has 0 saturated carbocycles. The van der Waals surface area contributed by atoms with Crippen molar-refractivity contribution in [3.8, 4) is 0 Å². The van der Waals surface area contributed by atoms with E-state index in [0.717, 1.165) is 15.9 Å². The average Bonchev–Trinajstić information content (AvgIpc) is 3.24. The molecule has 1 aliphatic heterocycles. The summed E-state index contributed by atoms with van der Waals surface area (Å²) >= 11 is 3.49. The number of rotatable bonds is 6. The maximum Gasteiger partial charge on any atom is 0.261 e. The molecule has 0 unspecified atom stereocenters. The summed E-state index contributed by atoms with van der Waals surface area (Å²) < 4.78 is 31.5. The van der Waals surface area contributed by atoms with Crippen LogP contribution in [0.2, 0.25) is 0 Å². The molecule has 0 N–H and O–H groups in total. The van der Waals surface area contributed by atoms with Gasteiger partial charge in [0.25, 0.3) is 11.8 Å². The molecule has 0 aliphatic carbocycles. The number of benzene rings is 3. The van der Waals surface area contributed by atoms with Crippen LogP contribution in [0.3, 0.4) is 0 Å². The second kappa shape index (κ2) is 9.76. The summed E-state index contributed by atoms with van der Waals surface area (Å²) in [5.41, 5.74) is 1.45. The fraction of sp³-hybridized carbons (Fsp3) is 0.160. The van der Waals surface area contributed by atoms with Crippen LogP contribution >= 0.6 is 15.9 Å². The number of amides is 2. The largest absolute Gasteiger partial charge is 1.00 e. The van der Waals surface area contributed by atoms with Gasteiger partial charge in [0.1, 0.15) is 30.6 Å². The Bertz CT molecular complexity index is 1400. The van der Waals surface area contributed by atoms with Gasteiger partial charge in [-0.1, -0.05) is 28.1 Å². The molecule has 0 saturated heterocycles. The summed E-state index contributed by atoms with van der Waals surface area (Å²) in [6.07, 6.45) is 6.03. The van der Waals surface area contributed by atoms with Gasteiger partial charge in [0, 0.05) is 45.6 Å². The highest BCUT2D eigenvalue weighted by Gasteiger charge is 2.32. The maximum absolute atomic E-state index is 13.9. The third-order valence-electron chi connectivity index (χ3n) is 5.85. The van der Waals surface area contributed by atoms with Gasteiger partial charge in [-0.25, -0.2) is 17.9 Å². The number of imide groups is 1. The highest BCUT2D eigenvalue weighted by molar-refractivity contribution is 9.10. The molecule has 0 atom stereocenters. The highest BCUT2D eigenvalue weighted by Crippen LogP contribution is 2.34. The van der Waals surface area contributed by atoms with E-state index in [1.807, 2.05) is 35.3 Å². The van der Waals surface area contributed by atoms with E-state index < -0.39 is 11.6 Å². The Balaban J connectivity index is 0.00000274. The van der Waals surface area contributed by atoms with Crippen molar-refractivity contribution in [3.63, 3.8) is 0 Å². The van der Waals surface area contributed by atoms with E-state index in [0.29, 0.717) is 35.0 Å². The summed E-state index contributed by atoms with van der Waals surface area (Å²) in [6, 6.07) is 12.6. The van der Waals surface area contributed by atoms with Gasteiger partial charge in [0.2, 0.25) is 6.33 Å². The Kier molecular flexibility index (Phi) is 6.95. The SMILES string of the molecule is O=C1c2cccc3c(Br)ccc(c23)C(=O)N1CCCn1cc[n+](Cc2ccc(F)cc2F)c1.[Br-]. The maximum atomic E-state index is 13.9. The molecular formula is C25H19Br2F2N3O2. The van der Waals surface area contributed by atoms with Crippen molar-refractivity contribution in [2.75, 3.05) is 6.54 Å². The van der Waals surface area contributed by atoms with Crippen LogP contribution < -0.4 is 21.5 Å². The van der Waals surface area contributed by atoms with Gasteiger partial charge in [0.15, 0.2) is 0 Å². The van der Waals surface area contributed by atoms with E-state index in [9.17, 15) is 18.4 Å². The Morgan fingerprint density at radius 2 is 1.71 bits per heavy atom. The summed E-state index contributed by atoms with van der Waals surface area (Å²) in [5.74, 6) is -1.76. The topological polar surface area (TPSA) is 46.2 Å². The van der Waals surface area contributed by atoms with Gasteiger partial charge < -0.3 is 17.0 Å². The zero-order valence-electron chi connectivity index (χ0n) is 17.8. The third-order valence-corrected chi connectivity index (χ3v) is 6.54. The summed E-state index contributed by atoms with van der Waals surface area (Å²) in [5, 5.41) is 1.54. The molecular weight excluding hydrogens is 572 g/mol. The van der Waals surface area contributed by atoms with Crippen LogP contribution in [0.15, 0.2) is 71.7 Å². The van der Waals surface area contributed by atoms with E-state index in [-0.39, 0.29) is 41.9 Å². The van der Waals surface area contributed by atoms with Gasteiger partial charge in [-0.3, -0.25) is 14.5 Å². The van der Waals surface area contributed by atoms with Crippen LogP contribution in [-0.2, 0) is 13.1 Å². The molecule has 0 fully saturated rings. The lowest BCUT2D eigenvalue weighted by Crippen LogP contribution is -3.00. The normalized spacial score (nSPS) is 12.9. The zero-order chi connectivity index (χ0) is 23.1. The predicted molar refractivity (Wildman–Crippen MR) is 122 cm³/mol. The van der Waals surface area contributed by atoms with Crippen molar-refractivity contribution < 1.29 is 39.9 Å². The van der Waals surface area contributed by atoms with Gasteiger partial charge in [-0.15, -0.1) is 0 Å². The zero-order valence-corrected chi connectivity index (χ0v) is 21.0. The molecule has 5 rings (SSSR count). The first-order chi connectivity index (χ1) is 15.9. The molecule has 0 bridgehead atoms. The van der Waals surface area contributed by atoms with Crippen LogP contribution in [0.1, 0.15) is 32.7 Å². The molecule has 4 aromatic rings. The van der Waals surface area contributed by atoms with Crippen LogP contribution in [0.4, 0.5) is 8.78 Å². The molecule has 2 amide bonds. The van der Waals surface area contributed by atoms with Crippen molar-refractivity contribution in [1.82, 2.24) is 9.47 Å². The van der Waals surface area contributed by atoms with Crippen molar-refractivity contribution in [1.29, 1.82) is 0 Å². The van der Waals surface area contributed by atoms with Gasteiger partial charge in [0.05, 0.1) is 6.54 Å². The van der Waals surface area contributed by atoms with E-state index in [4.69, 9.17) is 0 Å². The predicted octanol–water partition coefficient (Wildman–Crippen LogP) is 1.71. The third kappa shape index (κ3) is 4.42. The van der Waals surface area contributed by atoms with Crippen molar-refractivity contribution in [2.24, 2.45) is 0 Å². The van der Waals surface area contributed by atoms with Crippen molar-refractivity contribution in [3.05, 3.63) is 100 Å². The molecule has 0 radical (unpaired) electrons. The van der Waals surface area contributed by atoms with E-state index in [1.54, 1.807) is 22.9 Å². The van der Waals surface area contributed by atoms with Crippen molar-refractivity contribution >= 4 is 38.5 Å². The molecule has 34 heavy (non-hydrogen) atoms. The minimum atomic E-state index is -0.605. The second-order valence-corrected chi connectivity index (χ2v) is 8.85. The van der Waals surface area contributed by atoms with Gasteiger partial charge >= 0.3 is 0 Å². The molecule has 0 spiro atoms. The number of hydrogen-bond donors (Lipinski definition) is 0. The Labute approximate surface area is 213 Å². The van der Waals surface area contributed by atoms with Gasteiger partial charge in [-0.05, 0) is 35.7 Å². The van der Waals surface area contributed by atoms with Gasteiger partial charge in [-0.2, -0.15) is 0 Å². The first-order valence-electron chi connectivity index (χ1n) is 10.5. The number of hydrogen-bond acceptors (Lipinski definition) is 2. The summed E-state index contributed by atoms with van der Waals surface area (Å²) in [6.45, 7) is 1.14. The number of halogens is 4. The van der Waals surface area contributed by atoms with E-state index in [2.05, 4.69) is 15.9 Å². The minimum absolute atomic E-state index is 0. The molecule has 5 nitrogen and oxygen atoms in total. The molecule has 1 aromatic heterocycles. The number of imidazole rings is 1. The van der Waals surface area contributed by atoms with Crippen LogP contribution in [-0.4, -0.2) is 27.8 Å². The number of aromatic nitrogens is 2. The monoisotopic (exact) mass is 589 g/mol. The number of carbonyl (C=O) groups is 2. The smallest absolute Gasteiger partial charge is 0.261 e. The molecule has 174 valence electrons. The lowest BCUT2D eigenvalue weighted by molar-refractivity contribution is -0.688. The number of carbonyl (C=O) groups excluding carboxylic acids is 2. The number of aryl methyl sites for hydroxylation is 1. The second-order valence-electron chi connectivity index (χ2n) is 8.00. The molecule has 9 heteroatoms.